The lowest BCUT2D eigenvalue weighted by Crippen LogP contribution is -2.27. The summed E-state index contributed by atoms with van der Waals surface area (Å²) in [6, 6.07) is 5.75. The first-order valence-corrected chi connectivity index (χ1v) is 5.15. The minimum atomic E-state index is -0.561. The highest BCUT2D eigenvalue weighted by Gasteiger charge is 2.06. The molecule has 0 saturated heterocycles. The van der Waals surface area contributed by atoms with Crippen molar-refractivity contribution in [2.75, 3.05) is 12.4 Å². The van der Waals surface area contributed by atoms with E-state index in [1.54, 1.807) is 25.1 Å². The lowest BCUT2D eigenvalue weighted by atomic mass is 10.3. The number of phenolic OH excluding ortho intramolecular Hbond substituents is 1. The van der Waals surface area contributed by atoms with Gasteiger partial charge in [0.15, 0.2) is 0 Å². The number of carbonyl (C=O) groups is 2. The summed E-state index contributed by atoms with van der Waals surface area (Å²) in [4.78, 5) is 22.4. The number of benzene rings is 1. The molecule has 96 valence electrons. The van der Waals surface area contributed by atoms with E-state index in [1.165, 1.54) is 13.2 Å². The summed E-state index contributed by atoms with van der Waals surface area (Å²) in [7, 11) is 1.24. The number of hydrogen-bond acceptors (Lipinski definition) is 4. The Bertz CT molecular complexity index is 483. The Morgan fingerprint density at radius 1 is 1.33 bits per heavy atom. The van der Waals surface area contributed by atoms with Gasteiger partial charge < -0.3 is 20.5 Å². The van der Waals surface area contributed by atoms with Crippen LogP contribution >= 0.6 is 0 Å². The van der Waals surface area contributed by atoms with Crippen LogP contribution in [-0.2, 0) is 9.53 Å². The molecule has 0 unspecified atom stereocenters. The van der Waals surface area contributed by atoms with E-state index in [1.807, 2.05) is 0 Å². The Morgan fingerprint density at radius 2 is 2.00 bits per heavy atom. The van der Waals surface area contributed by atoms with Crippen molar-refractivity contribution in [1.29, 1.82) is 0 Å². The molecule has 0 heterocycles. The van der Waals surface area contributed by atoms with Gasteiger partial charge in [-0.25, -0.2) is 9.59 Å². The molecule has 0 aromatic heterocycles. The zero-order valence-electron chi connectivity index (χ0n) is 10.1. The first kappa shape index (κ1) is 13.6. The molecule has 18 heavy (non-hydrogen) atoms. The molecule has 0 aliphatic heterocycles. The van der Waals surface area contributed by atoms with Gasteiger partial charge in [0, 0.05) is 11.8 Å². The summed E-state index contributed by atoms with van der Waals surface area (Å²) in [5.41, 5.74) is 0.607. The number of anilines is 1. The number of aromatic hydroxyl groups is 1. The smallest absolute Gasteiger partial charge is 0.332 e. The van der Waals surface area contributed by atoms with Crippen LogP contribution in [0.4, 0.5) is 10.5 Å². The molecule has 0 fully saturated rings. The molecule has 6 heteroatoms. The second-order valence-corrected chi connectivity index (χ2v) is 3.45. The fraction of sp³-hybridized carbons (Fsp3) is 0.167. The van der Waals surface area contributed by atoms with Gasteiger partial charge in [-0.3, -0.25) is 0 Å². The van der Waals surface area contributed by atoms with Crippen molar-refractivity contribution < 1.29 is 19.4 Å². The van der Waals surface area contributed by atoms with Crippen LogP contribution in [0.15, 0.2) is 36.0 Å². The third kappa shape index (κ3) is 4.17. The van der Waals surface area contributed by atoms with Crippen molar-refractivity contribution in [3.05, 3.63) is 36.0 Å². The third-order valence-electron chi connectivity index (χ3n) is 2.00. The second kappa shape index (κ2) is 6.29. The number of allylic oxidation sites excluding steroid dienone is 1. The molecular formula is C12H14N2O4. The van der Waals surface area contributed by atoms with E-state index in [0.29, 0.717) is 5.70 Å². The molecule has 2 amide bonds. The van der Waals surface area contributed by atoms with E-state index in [-0.39, 0.29) is 11.4 Å². The first-order valence-electron chi connectivity index (χ1n) is 5.15. The number of urea groups is 1. The Labute approximate surface area is 104 Å². The van der Waals surface area contributed by atoms with Gasteiger partial charge in [-0.15, -0.1) is 0 Å². The maximum atomic E-state index is 11.5. The van der Waals surface area contributed by atoms with Crippen LogP contribution in [0, 0.1) is 0 Å². The zero-order valence-corrected chi connectivity index (χ0v) is 10.1. The number of phenols is 1. The summed E-state index contributed by atoms with van der Waals surface area (Å²) in [6.07, 6.45) is 1.14. The fourth-order valence-corrected chi connectivity index (χ4v) is 1.18. The van der Waals surface area contributed by atoms with Crippen molar-refractivity contribution in [3.8, 4) is 5.75 Å². The molecular weight excluding hydrogens is 236 g/mol. The van der Waals surface area contributed by atoms with Gasteiger partial charge >= 0.3 is 12.0 Å². The van der Waals surface area contributed by atoms with Crippen molar-refractivity contribution in [2.45, 2.75) is 6.92 Å². The molecule has 0 radical (unpaired) electrons. The van der Waals surface area contributed by atoms with Gasteiger partial charge in [0.25, 0.3) is 0 Å². The van der Waals surface area contributed by atoms with Crippen molar-refractivity contribution >= 4 is 17.7 Å². The minimum Gasteiger partial charge on any atom is -0.506 e. The average Bonchev–Trinajstić information content (AvgIpc) is 2.31. The van der Waals surface area contributed by atoms with Crippen LogP contribution in [0.3, 0.4) is 0 Å². The Kier molecular flexibility index (Phi) is 4.74. The van der Waals surface area contributed by atoms with Gasteiger partial charge in [0.05, 0.1) is 12.8 Å². The highest BCUT2D eigenvalue weighted by Crippen LogP contribution is 2.21. The molecule has 6 nitrogen and oxygen atoms in total. The molecule has 0 atom stereocenters. The fourth-order valence-electron chi connectivity index (χ4n) is 1.18. The molecule has 0 bridgehead atoms. The van der Waals surface area contributed by atoms with Crippen LogP contribution in [-0.4, -0.2) is 24.2 Å². The van der Waals surface area contributed by atoms with Gasteiger partial charge in [-0.05, 0) is 19.1 Å². The lowest BCUT2D eigenvalue weighted by molar-refractivity contribution is -0.134. The first-order chi connectivity index (χ1) is 8.52. The van der Waals surface area contributed by atoms with Gasteiger partial charge in [-0.1, -0.05) is 12.1 Å². The molecule has 0 aliphatic carbocycles. The average molecular weight is 250 g/mol. The maximum Gasteiger partial charge on any atom is 0.332 e. The van der Waals surface area contributed by atoms with E-state index >= 15 is 0 Å². The molecule has 1 aromatic rings. The zero-order chi connectivity index (χ0) is 13.5. The van der Waals surface area contributed by atoms with E-state index in [2.05, 4.69) is 15.4 Å². The van der Waals surface area contributed by atoms with E-state index in [4.69, 9.17) is 0 Å². The Hall–Kier alpha value is -2.50. The van der Waals surface area contributed by atoms with Crippen molar-refractivity contribution in [1.82, 2.24) is 5.32 Å². The Morgan fingerprint density at radius 3 is 2.61 bits per heavy atom. The van der Waals surface area contributed by atoms with E-state index < -0.39 is 12.0 Å². The number of carbonyl (C=O) groups excluding carboxylic acids is 2. The molecule has 0 spiro atoms. The minimum absolute atomic E-state index is 0.0396. The summed E-state index contributed by atoms with van der Waals surface area (Å²) < 4.78 is 4.41. The number of hydrogen-bond donors (Lipinski definition) is 3. The normalized spacial score (nSPS) is 10.7. The highest BCUT2D eigenvalue weighted by molar-refractivity contribution is 5.92. The molecule has 0 aliphatic rings. The molecule has 0 saturated carbocycles. The number of methoxy groups -OCH3 is 1. The third-order valence-corrected chi connectivity index (χ3v) is 2.00. The number of rotatable bonds is 3. The Balaban J connectivity index is 2.60. The largest absolute Gasteiger partial charge is 0.506 e. The van der Waals surface area contributed by atoms with Crippen molar-refractivity contribution in [3.63, 3.8) is 0 Å². The van der Waals surface area contributed by atoms with Crippen LogP contribution in [0.5, 0.6) is 5.75 Å². The molecule has 3 N–H and O–H groups in total. The SMILES string of the molecule is COC(=O)/C=C(/C)NC(=O)Nc1ccccc1O. The van der Waals surface area contributed by atoms with Crippen molar-refractivity contribution in [2.24, 2.45) is 0 Å². The number of nitrogens with one attached hydrogen (secondary N) is 2. The van der Waals surface area contributed by atoms with E-state index in [9.17, 15) is 14.7 Å². The van der Waals surface area contributed by atoms with Gasteiger partial charge in [0.2, 0.25) is 0 Å². The highest BCUT2D eigenvalue weighted by atomic mass is 16.5. The predicted molar refractivity (Wildman–Crippen MR) is 66.0 cm³/mol. The summed E-state index contributed by atoms with van der Waals surface area (Å²) >= 11 is 0. The topological polar surface area (TPSA) is 87.7 Å². The monoisotopic (exact) mass is 250 g/mol. The van der Waals surface area contributed by atoms with Crippen LogP contribution < -0.4 is 10.6 Å². The molecule has 1 aromatic carbocycles. The number of ether oxygens (including phenoxy) is 1. The summed E-state index contributed by atoms with van der Waals surface area (Å²) in [5, 5.41) is 14.3. The number of amides is 2. The van der Waals surface area contributed by atoms with Crippen LogP contribution in [0.2, 0.25) is 0 Å². The number of esters is 1. The maximum absolute atomic E-state index is 11.5. The standard InChI is InChI=1S/C12H14N2O4/c1-8(7-11(16)18-2)13-12(17)14-9-5-3-4-6-10(9)15/h3-7,15H,1-2H3,(H2,13,14,17)/b8-7-. The number of para-hydroxylation sites is 2. The summed E-state index contributed by atoms with van der Waals surface area (Å²) in [5.74, 6) is -0.599. The predicted octanol–water partition coefficient (Wildman–Crippen LogP) is 1.59. The van der Waals surface area contributed by atoms with E-state index in [0.717, 1.165) is 6.08 Å². The second-order valence-electron chi connectivity index (χ2n) is 3.45. The molecule has 1 rings (SSSR count). The quantitative estimate of drug-likeness (QED) is 0.432. The lowest BCUT2D eigenvalue weighted by Gasteiger charge is -2.08. The van der Waals surface area contributed by atoms with Gasteiger partial charge in [0.1, 0.15) is 5.75 Å². The van der Waals surface area contributed by atoms with Crippen LogP contribution in [0.1, 0.15) is 6.92 Å². The van der Waals surface area contributed by atoms with Crippen LogP contribution in [0.25, 0.3) is 0 Å². The van der Waals surface area contributed by atoms with Gasteiger partial charge in [-0.2, -0.15) is 0 Å². The summed E-state index contributed by atoms with van der Waals surface area (Å²) in [6.45, 7) is 1.54.